The number of hydrogen-bond acceptors (Lipinski definition) is 11. The molecule has 60 heavy (non-hydrogen) atoms. The first-order valence-electron chi connectivity index (χ1n) is 23.1. The van der Waals surface area contributed by atoms with Crippen LogP contribution in [0.2, 0.25) is 0 Å². The van der Waals surface area contributed by atoms with Crippen LogP contribution in [0.15, 0.2) is 48.6 Å². The van der Waals surface area contributed by atoms with E-state index in [2.05, 4.69) is 36.5 Å². The van der Waals surface area contributed by atoms with Crippen LogP contribution in [0.3, 0.4) is 0 Å². The Hall–Kier alpha value is -1.74. The number of aliphatic hydroxyl groups is 7. The predicted octanol–water partition coefficient (Wildman–Crippen LogP) is 7.53. The van der Waals surface area contributed by atoms with Gasteiger partial charge in [0.15, 0.2) is 0 Å². The number of aliphatic hydroxyl groups excluding tert-OH is 7. The minimum absolute atomic E-state index is 0.263. The van der Waals surface area contributed by atoms with Crippen molar-refractivity contribution in [2.75, 3.05) is 6.61 Å². The number of rotatable bonds is 37. The Morgan fingerprint density at radius 1 is 0.617 bits per heavy atom. The number of carbonyl (C=O) groups is 1. The van der Waals surface area contributed by atoms with Gasteiger partial charge in [0, 0.05) is 0 Å². The molecule has 14 heteroatoms. The van der Waals surface area contributed by atoms with Gasteiger partial charge < -0.3 is 46.0 Å². The lowest BCUT2D eigenvalue weighted by atomic mass is 9.85. The first kappa shape index (κ1) is 56.3. The standard InChI is InChI=1S/C46H84NO12P/c1-3-5-7-9-11-13-14-15-16-17-18-19-20-21-22-23-24-26-27-29-31-33-37(48)35-40(50)47-38(39(49)34-32-30-28-25-12-10-8-6-4-2)36-58-60(56,57)59-46-44(54)42(52)41(51)43(53)45(46)55/h4,6,12,21-22,25,32,34,37-39,41-46,48-49,51-55H,3,5,7-11,13-20,23-24,26-31,33,35-36H2,1-2H3,(H,47,50)(H,56,57)/b6-4+,22-21-,25-12+,34-32+. The molecule has 1 rings (SSSR count). The van der Waals surface area contributed by atoms with Gasteiger partial charge in [0.25, 0.3) is 0 Å². The summed E-state index contributed by atoms with van der Waals surface area (Å²) in [7, 11) is -5.15. The first-order valence-corrected chi connectivity index (χ1v) is 24.6. The molecule has 8 atom stereocenters. The maximum atomic E-state index is 12.9. The molecule has 0 aliphatic heterocycles. The summed E-state index contributed by atoms with van der Waals surface area (Å²) < 4.78 is 22.7. The summed E-state index contributed by atoms with van der Waals surface area (Å²) >= 11 is 0. The Morgan fingerprint density at radius 3 is 1.57 bits per heavy atom. The number of nitrogens with one attached hydrogen (secondary N) is 1. The molecule has 1 fully saturated rings. The van der Waals surface area contributed by atoms with E-state index in [1.165, 1.54) is 83.1 Å². The number of amides is 1. The van der Waals surface area contributed by atoms with Gasteiger partial charge in [0.05, 0.1) is 31.3 Å². The highest BCUT2D eigenvalue weighted by Gasteiger charge is 2.51. The highest BCUT2D eigenvalue weighted by atomic mass is 31.2. The third kappa shape index (κ3) is 27.3. The van der Waals surface area contributed by atoms with E-state index in [1.54, 1.807) is 6.08 Å². The lowest BCUT2D eigenvalue weighted by molar-refractivity contribution is -0.220. The second kappa shape index (κ2) is 35.7. The molecule has 13 nitrogen and oxygen atoms in total. The van der Waals surface area contributed by atoms with Gasteiger partial charge in [0.1, 0.15) is 36.6 Å². The number of carbonyl (C=O) groups excluding carboxylic acids is 1. The fourth-order valence-electron chi connectivity index (χ4n) is 7.16. The van der Waals surface area contributed by atoms with Crippen molar-refractivity contribution in [3.63, 3.8) is 0 Å². The van der Waals surface area contributed by atoms with Crippen molar-refractivity contribution in [2.45, 2.75) is 229 Å². The molecule has 0 spiro atoms. The molecular formula is C46H84NO12P. The van der Waals surface area contributed by atoms with Crippen LogP contribution in [0.1, 0.15) is 174 Å². The summed E-state index contributed by atoms with van der Waals surface area (Å²) in [5.41, 5.74) is 0. The van der Waals surface area contributed by atoms with E-state index in [1.807, 2.05) is 19.1 Å². The second-order valence-corrected chi connectivity index (χ2v) is 17.8. The average molecular weight is 874 g/mol. The molecule has 0 radical (unpaired) electrons. The fraction of sp³-hybridized carbons (Fsp3) is 0.804. The Labute approximate surface area is 361 Å². The van der Waals surface area contributed by atoms with E-state index in [0.717, 1.165) is 57.8 Å². The zero-order chi connectivity index (χ0) is 44.4. The van der Waals surface area contributed by atoms with E-state index < -0.39 is 75.2 Å². The summed E-state index contributed by atoms with van der Waals surface area (Å²) in [5, 5.41) is 74.2. The summed E-state index contributed by atoms with van der Waals surface area (Å²) in [5.74, 6) is -0.616. The third-order valence-corrected chi connectivity index (χ3v) is 11.9. The van der Waals surface area contributed by atoms with Crippen molar-refractivity contribution < 1.29 is 59.0 Å². The van der Waals surface area contributed by atoms with Gasteiger partial charge in [-0.3, -0.25) is 13.8 Å². The predicted molar refractivity (Wildman–Crippen MR) is 238 cm³/mol. The van der Waals surface area contributed by atoms with Crippen LogP contribution in [0, 0.1) is 0 Å². The van der Waals surface area contributed by atoms with Gasteiger partial charge in [-0.25, -0.2) is 4.57 Å². The Morgan fingerprint density at radius 2 is 1.05 bits per heavy atom. The largest absolute Gasteiger partial charge is 0.472 e. The van der Waals surface area contributed by atoms with E-state index in [0.29, 0.717) is 19.3 Å². The monoisotopic (exact) mass is 874 g/mol. The molecule has 0 aromatic heterocycles. The van der Waals surface area contributed by atoms with E-state index in [4.69, 9.17) is 9.05 Å². The molecule has 0 bridgehead atoms. The minimum atomic E-state index is -5.15. The normalized spacial score (nSPS) is 23.8. The first-order chi connectivity index (χ1) is 28.8. The number of hydrogen-bond donors (Lipinski definition) is 9. The lowest BCUT2D eigenvalue weighted by Gasteiger charge is -2.41. The molecular weight excluding hydrogens is 789 g/mol. The van der Waals surface area contributed by atoms with Gasteiger partial charge >= 0.3 is 7.82 Å². The van der Waals surface area contributed by atoms with Crippen LogP contribution in [-0.4, -0.2) is 108 Å². The molecule has 8 unspecified atom stereocenters. The molecule has 350 valence electrons. The summed E-state index contributed by atoms with van der Waals surface area (Å²) in [6.07, 6.45) is 28.3. The number of unbranched alkanes of at least 4 members (excludes halogenated alkanes) is 19. The number of allylic oxidation sites excluding steroid dienone is 7. The molecule has 0 heterocycles. The third-order valence-electron chi connectivity index (χ3n) is 11.0. The molecule has 0 aromatic carbocycles. The zero-order valence-corrected chi connectivity index (χ0v) is 37.8. The summed E-state index contributed by atoms with van der Waals surface area (Å²) in [4.78, 5) is 23.3. The van der Waals surface area contributed by atoms with Crippen molar-refractivity contribution in [3.8, 4) is 0 Å². The van der Waals surface area contributed by atoms with Crippen LogP contribution in [0.4, 0.5) is 0 Å². The Kier molecular flexibility index (Phi) is 33.5. The van der Waals surface area contributed by atoms with Gasteiger partial charge in [-0.2, -0.15) is 0 Å². The van der Waals surface area contributed by atoms with Gasteiger partial charge in [0.2, 0.25) is 5.91 Å². The van der Waals surface area contributed by atoms with E-state index in [9.17, 15) is 50.0 Å². The van der Waals surface area contributed by atoms with E-state index >= 15 is 0 Å². The van der Waals surface area contributed by atoms with Crippen molar-refractivity contribution in [2.24, 2.45) is 0 Å². The van der Waals surface area contributed by atoms with Crippen LogP contribution >= 0.6 is 7.82 Å². The van der Waals surface area contributed by atoms with Crippen molar-refractivity contribution >= 4 is 13.7 Å². The molecule has 1 amide bonds. The SMILES string of the molecule is C/C=C/CC/C=C/CC/C=C/C(O)C(COP(=O)(O)OC1C(O)C(O)C(O)C(O)C1O)NC(=O)CC(O)CCCCCCC/C=C\CCCCCCCCCCCCCC. The summed E-state index contributed by atoms with van der Waals surface area (Å²) in [6.45, 7) is 3.47. The molecule has 0 aromatic rings. The van der Waals surface area contributed by atoms with Gasteiger partial charge in [-0.15, -0.1) is 0 Å². The number of phosphoric acid groups is 1. The van der Waals surface area contributed by atoms with Crippen molar-refractivity contribution in [1.82, 2.24) is 5.32 Å². The highest BCUT2D eigenvalue weighted by Crippen LogP contribution is 2.47. The topological polar surface area (TPSA) is 226 Å². The minimum Gasteiger partial charge on any atom is -0.393 e. The summed E-state index contributed by atoms with van der Waals surface area (Å²) in [6, 6.07) is -1.26. The molecule has 0 saturated heterocycles. The van der Waals surface area contributed by atoms with Crippen molar-refractivity contribution in [1.29, 1.82) is 0 Å². The Balaban J connectivity index is 2.44. The second-order valence-electron chi connectivity index (χ2n) is 16.4. The smallest absolute Gasteiger partial charge is 0.393 e. The molecule has 9 N–H and O–H groups in total. The number of phosphoric ester groups is 1. The molecule has 1 saturated carbocycles. The van der Waals surface area contributed by atoms with Crippen LogP contribution in [0.25, 0.3) is 0 Å². The quantitative estimate of drug-likeness (QED) is 0.0168. The van der Waals surface area contributed by atoms with Crippen LogP contribution in [0.5, 0.6) is 0 Å². The molecule has 1 aliphatic carbocycles. The van der Waals surface area contributed by atoms with Crippen LogP contribution in [-0.2, 0) is 18.4 Å². The van der Waals surface area contributed by atoms with Crippen molar-refractivity contribution in [3.05, 3.63) is 48.6 Å². The van der Waals surface area contributed by atoms with E-state index in [-0.39, 0.29) is 6.42 Å². The Bertz CT molecular complexity index is 1220. The van der Waals surface area contributed by atoms with Crippen LogP contribution < -0.4 is 5.32 Å². The van der Waals surface area contributed by atoms with Gasteiger partial charge in [-0.05, 0) is 64.7 Å². The average Bonchev–Trinajstić information content (AvgIpc) is 3.22. The fourth-order valence-corrected chi connectivity index (χ4v) is 8.12. The zero-order valence-electron chi connectivity index (χ0n) is 36.9. The molecule has 1 aliphatic rings. The highest BCUT2D eigenvalue weighted by molar-refractivity contribution is 7.47. The maximum absolute atomic E-state index is 12.9. The lowest BCUT2D eigenvalue weighted by Crippen LogP contribution is -2.64. The van der Waals surface area contributed by atoms with Gasteiger partial charge in [-0.1, -0.05) is 152 Å². The maximum Gasteiger partial charge on any atom is 0.472 e.